The first kappa shape index (κ1) is 24.0. The molecule has 9 heteroatoms. The Hall–Kier alpha value is -3.72. The first-order valence-electron chi connectivity index (χ1n) is 12.1. The van der Waals surface area contributed by atoms with Crippen LogP contribution in [0.4, 0.5) is 5.82 Å². The van der Waals surface area contributed by atoms with Gasteiger partial charge < -0.3 is 33.5 Å². The van der Waals surface area contributed by atoms with Crippen LogP contribution >= 0.6 is 0 Å². The number of hydrogen-bond donors (Lipinski definition) is 0. The van der Waals surface area contributed by atoms with Gasteiger partial charge in [-0.25, -0.2) is 4.98 Å². The maximum absolute atomic E-state index is 12.8. The van der Waals surface area contributed by atoms with Gasteiger partial charge >= 0.3 is 0 Å². The van der Waals surface area contributed by atoms with Crippen molar-refractivity contribution in [3.63, 3.8) is 0 Å². The van der Waals surface area contributed by atoms with E-state index < -0.39 is 0 Å². The monoisotopic (exact) mass is 493 g/mol. The molecule has 0 bridgehead atoms. The fraction of sp³-hybridized carbons (Fsp3) is 0.407. The summed E-state index contributed by atoms with van der Waals surface area (Å²) in [4.78, 5) is 21.8. The fourth-order valence-electron chi connectivity index (χ4n) is 4.66. The van der Waals surface area contributed by atoms with E-state index in [4.69, 9.17) is 28.7 Å². The number of carbonyl (C=O) groups is 1. The van der Waals surface area contributed by atoms with Crippen LogP contribution in [-0.2, 0) is 16.1 Å². The van der Waals surface area contributed by atoms with Gasteiger partial charge in [0.05, 0.1) is 34.0 Å². The molecule has 5 rings (SSSR count). The molecular formula is C27H31N3O6. The molecular weight excluding hydrogens is 462 g/mol. The predicted octanol–water partition coefficient (Wildman–Crippen LogP) is 3.28. The average Bonchev–Trinajstić information content (AvgIpc) is 2.92. The van der Waals surface area contributed by atoms with Gasteiger partial charge in [0.2, 0.25) is 5.91 Å². The number of hydrogen-bond acceptors (Lipinski definition) is 8. The van der Waals surface area contributed by atoms with Crippen molar-refractivity contribution in [3.8, 4) is 23.0 Å². The minimum absolute atomic E-state index is 0.0527. The summed E-state index contributed by atoms with van der Waals surface area (Å²) in [5, 5.41) is 0.832. The second-order valence-electron chi connectivity index (χ2n) is 8.83. The van der Waals surface area contributed by atoms with Gasteiger partial charge in [0.25, 0.3) is 0 Å². The number of morpholine rings is 1. The molecule has 0 spiro atoms. The Labute approximate surface area is 210 Å². The van der Waals surface area contributed by atoms with Crippen LogP contribution in [0.5, 0.6) is 23.0 Å². The molecule has 3 heterocycles. The SMILES string of the molecule is COc1ccc(OC)c2nc(N3CCOCC3)c(CN(C[C@H]3COc4ccccc4O3)C(C)=O)cc12. The highest BCUT2D eigenvalue weighted by molar-refractivity contribution is 5.92. The number of fused-ring (bicyclic) bond motifs is 2. The number of ether oxygens (including phenoxy) is 5. The minimum atomic E-state index is -0.279. The number of amides is 1. The van der Waals surface area contributed by atoms with Crippen LogP contribution in [0.1, 0.15) is 12.5 Å². The van der Waals surface area contributed by atoms with Crippen LogP contribution in [0, 0.1) is 0 Å². The molecule has 1 fully saturated rings. The van der Waals surface area contributed by atoms with E-state index in [1.807, 2.05) is 36.4 Å². The Morgan fingerprint density at radius 2 is 1.81 bits per heavy atom. The topological polar surface area (TPSA) is 82.6 Å². The second-order valence-corrected chi connectivity index (χ2v) is 8.83. The van der Waals surface area contributed by atoms with Crippen LogP contribution < -0.4 is 23.8 Å². The lowest BCUT2D eigenvalue weighted by atomic mass is 10.1. The predicted molar refractivity (Wildman–Crippen MR) is 135 cm³/mol. The molecule has 1 amide bonds. The highest BCUT2D eigenvalue weighted by atomic mass is 16.6. The number of carbonyl (C=O) groups excluding carboxylic acids is 1. The van der Waals surface area contributed by atoms with Gasteiger partial charge in [0, 0.05) is 37.5 Å². The highest BCUT2D eigenvalue weighted by Gasteiger charge is 2.27. The molecule has 2 aromatic carbocycles. The third kappa shape index (κ3) is 4.83. The average molecular weight is 494 g/mol. The number of anilines is 1. The van der Waals surface area contributed by atoms with Crippen LogP contribution in [0.25, 0.3) is 10.9 Å². The zero-order chi connectivity index (χ0) is 25.1. The third-order valence-electron chi connectivity index (χ3n) is 6.51. The Balaban J connectivity index is 1.49. The van der Waals surface area contributed by atoms with Crippen molar-refractivity contribution in [1.82, 2.24) is 9.88 Å². The molecule has 190 valence electrons. The van der Waals surface area contributed by atoms with Crippen molar-refractivity contribution in [2.24, 2.45) is 0 Å². The Kier molecular flexibility index (Phi) is 6.99. The summed E-state index contributed by atoms with van der Waals surface area (Å²) in [7, 11) is 3.27. The number of rotatable bonds is 7. The smallest absolute Gasteiger partial charge is 0.219 e. The van der Waals surface area contributed by atoms with Crippen LogP contribution in [0.15, 0.2) is 42.5 Å². The van der Waals surface area contributed by atoms with E-state index in [0.29, 0.717) is 63.2 Å². The number of pyridine rings is 1. The first-order valence-corrected chi connectivity index (χ1v) is 12.1. The summed E-state index contributed by atoms with van der Waals surface area (Å²) in [6.07, 6.45) is -0.279. The zero-order valence-electron chi connectivity index (χ0n) is 20.9. The number of nitrogens with zero attached hydrogens (tertiary/aromatic N) is 3. The zero-order valence-corrected chi connectivity index (χ0v) is 20.9. The lowest BCUT2D eigenvalue weighted by molar-refractivity contribution is -0.131. The minimum Gasteiger partial charge on any atom is -0.496 e. The van der Waals surface area contributed by atoms with E-state index in [2.05, 4.69) is 11.0 Å². The highest BCUT2D eigenvalue weighted by Crippen LogP contribution is 2.36. The molecule has 36 heavy (non-hydrogen) atoms. The third-order valence-corrected chi connectivity index (χ3v) is 6.51. The maximum atomic E-state index is 12.8. The molecule has 9 nitrogen and oxygen atoms in total. The molecule has 3 aromatic rings. The van der Waals surface area contributed by atoms with E-state index in [0.717, 1.165) is 28.0 Å². The van der Waals surface area contributed by atoms with E-state index in [1.54, 1.807) is 26.0 Å². The molecule has 1 atom stereocenters. The molecule has 2 aliphatic heterocycles. The molecule has 0 unspecified atom stereocenters. The Morgan fingerprint density at radius 1 is 1.08 bits per heavy atom. The largest absolute Gasteiger partial charge is 0.496 e. The van der Waals surface area contributed by atoms with Crippen molar-refractivity contribution in [2.75, 3.05) is 58.6 Å². The van der Waals surface area contributed by atoms with Gasteiger partial charge in [-0.2, -0.15) is 0 Å². The Bertz CT molecular complexity index is 1240. The van der Waals surface area contributed by atoms with Crippen LogP contribution in [0.3, 0.4) is 0 Å². The van der Waals surface area contributed by atoms with Gasteiger partial charge in [-0.15, -0.1) is 0 Å². The summed E-state index contributed by atoms with van der Waals surface area (Å²) < 4.78 is 28.8. The van der Waals surface area contributed by atoms with E-state index in [1.165, 1.54) is 0 Å². The summed E-state index contributed by atoms with van der Waals surface area (Å²) >= 11 is 0. The van der Waals surface area contributed by atoms with Crippen LogP contribution in [-0.4, -0.2) is 75.6 Å². The number of methoxy groups -OCH3 is 2. The number of aromatic nitrogens is 1. The van der Waals surface area contributed by atoms with E-state index in [9.17, 15) is 4.79 Å². The molecule has 1 saturated heterocycles. The summed E-state index contributed by atoms with van der Waals surface area (Å²) in [5.41, 5.74) is 1.64. The van der Waals surface area contributed by atoms with Crippen molar-refractivity contribution >= 4 is 22.6 Å². The quantitative estimate of drug-likeness (QED) is 0.496. The lowest BCUT2D eigenvalue weighted by Crippen LogP contribution is -2.43. The van der Waals surface area contributed by atoms with Crippen LogP contribution in [0.2, 0.25) is 0 Å². The van der Waals surface area contributed by atoms with Crippen molar-refractivity contribution < 1.29 is 28.5 Å². The Morgan fingerprint density at radius 3 is 2.53 bits per heavy atom. The molecule has 0 radical (unpaired) electrons. The van der Waals surface area contributed by atoms with Gasteiger partial charge in [-0.3, -0.25) is 4.79 Å². The summed E-state index contributed by atoms with van der Waals surface area (Å²) in [5.74, 6) is 3.54. The molecule has 0 aliphatic carbocycles. The summed E-state index contributed by atoms with van der Waals surface area (Å²) in [6, 6.07) is 13.4. The van der Waals surface area contributed by atoms with Gasteiger partial charge in [0.15, 0.2) is 17.6 Å². The van der Waals surface area contributed by atoms with Crippen molar-refractivity contribution in [3.05, 3.63) is 48.0 Å². The molecule has 1 aromatic heterocycles. The number of para-hydroxylation sites is 2. The molecule has 0 N–H and O–H groups in total. The first-order chi connectivity index (χ1) is 17.6. The van der Waals surface area contributed by atoms with Gasteiger partial charge in [0.1, 0.15) is 29.4 Å². The molecule has 0 saturated carbocycles. The van der Waals surface area contributed by atoms with Gasteiger partial charge in [-0.1, -0.05) is 12.1 Å². The molecule has 2 aliphatic rings. The lowest BCUT2D eigenvalue weighted by Gasteiger charge is -2.33. The number of benzene rings is 2. The van der Waals surface area contributed by atoms with Crippen molar-refractivity contribution in [2.45, 2.75) is 19.6 Å². The maximum Gasteiger partial charge on any atom is 0.219 e. The van der Waals surface area contributed by atoms with E-state index in [-0.39, 0.29) is 12.0 Å². The van der Waals surface area contributed by atoms with Gasteiger partial charge in [-0.05, 0) is 30.3 Å². The normalized spacial score (nSPS) is 17.1. The second kappa shape index (κ2) is 10.5. The summed E-state index contributed by atoms with van der Waals surface area (Å²) in [6.45, 7) is 5.38. The van der Waals surface area contributed by atoms with Crippen molar-refractivity contribution in [1.29, 1.82) is 0 Å². The standard InChI is InChI=1S/C27H31N3O6/c1-18(31)30(16-20-17-35-23-6-4-5-7-24(23)36-20)15-19-14-21-22(32-2)8-9-25(33-3)26(21)28-27(19)29-10-12-34-13-11-29/h4-9,14,20H,10-13,15-17H2,1-3H3/t20-/m0/s1. The van der Waals surface area contributed by atoms with E-state index >= 15 is 0 Å². The fourth-order valence-corrected chi connectivity index (χ4v) is 4.66.